The fraction of sp³-hybridized carbons (Fsp3) is 0. The molecule has 1 aromatic carbocycles. The topological polar surface area (TPSA) is 45.8 Å². The van der Waals surface area contributed by atoms with Gasteiger partial charge in [-0.25, -0.2) is 0 Å². The van der Waals surface area contributed by atoms with Crippen molar-refractivity contribution in [3.63, 3.8) is 0 Å². The van der Waals surface area contributed by atoms with Crippen molar-refractivity contribution in [1.29, 1.82) is 0 Å². The quantitative estimate of drug-likeness (QED) is 0.559. The molecule has 0 amide bonds. The molecule has 0 saturated heterocycles. The zero-order chi connectivity index (χ0) is 10.3. The molecule has 0 spiro atoms. The van der Waals surface area contributed by atoms with Crippen LogP contribution in [0.1, 0.15) is 0 Å². The second-order valence-electron chi connectivity index (χ2n) is 3.40. The second-order valence-corrected chi connectivity index (χ2v) is 3.40. The summed E-state index contributed by atoms with van der Waals surface area (Å²) in [5.41, 5.74) is 2.11. The molecule has 2 heterocycles. The summed E-state index contributed by atoms with van der Waals surface area (Å²) in [6.07, 6.45) is 1.63. The molecule has 72 valence electrons. The van der Waals surface area contributed by atoms with Crippen molar-refractivity contribution in [1.82, 2.24) is 9.97 Å². The van der Waals surface area contributed by atoms with Crippen LogP contribution in [-0.4, -0.2) is 9.97 Å². The van der Waals surface area contributed by atoms with E-state index in [0.717, 1.165) is 11.0 Å². The van der Waals surface area contributed by atoms with Crippen molar-refractivity contribution in [2.24, 2.45) is 0 Å². The lowest BCUT2D eigenvalue weighted by molar-refractivity contribution is 1.36. The molecule has 3 rings (SSSR count). The number of nitrogens with zero attached hydrogens (tertiary/aromatic N) is 1. The molecule has 0 radical (unpaired) electrons. The van der Waals surface area contributed by atoms with Gasteiger partial charge in [0, 0.05) is 17.1 Å². The smallest absolute Gasteiger partial charge is 0.215 e. The van der Waals surface area contributed by atoms with E-state index in [1.807, 2.05) is 36.4 Å². The van der Waals surface area contributed by atoms with E-state index in [0.29, 0.717) is 10.9 Å². The fourth-order valence-electron chi connectivity index (χ4n) is 1.75. The van der Waals surface area contributed by atoms with Gasteiger partial charge >= 0.3 is 0 Å². The normalized spacial score (nSPS) is 10.9. The highest BCUT2D eigenvalue weighted by atomic mass is 16.1. The Labute approximate surface area is 85.4 Å². The second kappa shape index (κ2) is 2.92. The van der Waals surface area contributed by atoms with Crippen LogP contribution in [0.4, 0.5) is 0 Å². The van der Waals surface area contributed by atoms with Gasteiger partial charge in [0.25, 0.3) is 0 Å². The van der Waals surface area contributed by atoms with E-state index in [-0.39, 0.29) is 5.43 Å². The summed E-state index contributed by atoms with van der Waals surface area (Å²) in [6, 6.07) is 11.1. The van der Waals surface area contributed by atoms with Crippen LogP contribution in [-0.2, 0) is 0 Å². The fourth-order valence-corrected chi connectivity index (χ4v) is 1.75. The average Bonchev–Trinajstić information content (AvgIpc) is 2.30. The minimum absolute atomic E-state index is 0.0139. The molecule has 0 atom stereocenters. The number of aromatic nitrogens is 2. The Hall–Kier alpha value is -2.16. The van der Waals surface area contributed by atoms with Gasteiger partial charge in [0.15, 0.2) is 0 Å². The molecule has 3 heteroatoms. The van der Waals surface area contributed by atoms with Gasteiger partial charge in [0.2, 0.25) is 5.43 Å². The number of H-pyrrole nitrogens is 1. The summed E-state index contributed by atoms with van der Waals surface area (Å²) < 4.78 is 0. The van der Waals surface area contributed by atoms with Crippen molar-refractivity contribution in [3.8, 4) is 0 Å². The number of fused-ring (bicyclic) bond motifs is 2. The van der Waals surface area contributed by atoms with Gasteiger partial charge in [-0.1, -0.05) is 12.1 Å². The molecule has 2 aromatic heterocycles. The number of para-hydroxylation sites is 1. The van der Waals surface area contributed by atoms with E-state index in [2.05, 4.69) is 9.97 Å². The van der Waals surface area contributed by atoms with Gasteiger partial charge in [-0.3, -0.25) is 9.78 Å². The van der Waals surface area contributed by atoms with Crippen molar-refractivity contribution in [2.75, 3.05) is 0 Å². The van der Waals surface area contributed by atoms with Crippen LogP contribution in [0, 0.1) is 0 Å². The van der Waals surface area contributed by atoms with Gasteiger partial charge < -0.3 is 4.98 Å². The van der Waals surface area contributed by atoms with Crippen LogP contribution in [0.15, 0.2) is 47.4 Å². The molecule has 0 aliphatic heterocycles. The summed E-state index contributed by atoms with van der Waals surface area (Å²) in [5, 5.41) is 0.684. The molecule has 0 saturated carbocycles. The number of hydrogen-bond donors (Lipinski definition) is 1. The highest BCUT2D eigenvalue weighted by molar-refractivity contribution is 5.90. The van der Waals surface area contributed by atoms with Gasteiger partial charge in [-0.15, -0.1) is 0 Å². The third-order valence-electron chi connectivity index (χ3n) is 2.46. The van der Waals surface area contributed by atoms with Gasteiger partial charge in [0.1, 0.15) is 5.52 Å². The Morgan fingerprint density at radius 3 is 2.73 bits per heavy atom. The van der Waals surface area contributed by atoms with E-state index in [9.17, 15) is 4.79 Å². The molecule has 0 aliphatic carbocycles. The molecular weight excluding hydrogens is 188 g/mol. The SMILES string of the molecule is O=c1c2ccccc2[nH]c2cccnc12. The molecule has 3 nitrogen and oxygen atoms in total. The molecule has 0 bridgehead atoms. The first-order valence-electron chi connectivity index (χ1n) is 4.72. The summed E-state index contributed by atoms with van der Waals surface area (Å²) in [7, 11) is 0. The zero-order valence-electron chi connectivity index (χ0n) is 7.90. The number of rotatable bonds is 0. The maximum atomic E-state index is 12.0. The monoisotopic (exact) mass is 196 g/mol. The Balaban J connectivity index is 2.66. The van der Waals surface area contributed by atoms with E-state index >= 15 is 0 Å². The summed E-state index contributed by atoms with van der Waals surface area (Å²) in [4.78, 5) is 19.3. The van der Waals surface area contributed by atoms with Gasteiger partial charge in [-0.05, 0) is 24.3 Å². The number of aromatic amines is 1. The summed E-state index contributed by atoms with van der Waals surface area (Å²) in [5.74, 6) is 0. The largest absolute Gasteiger partial charge is 0.353 e. The minimum Gasteiger partial charge on any atom is -0.353 e. The Morgan fingerprint density at radius 2 is 1.80 bits per heavy atom. The highest BCUT2D eigenvalue weighted by Gasteiger charge is 2.03. The molecule has 15 heavy (non-hydrogen) atoms. The lowest BCUT2D eigenvalue weighted by Gasteiger charge is -2.00. The Kier molecular flexibility index (Phi) is 1.59. The average molecular weight is 196 g/mol. The number of nitrogens with one attached hydrogen (secondary N) is 1. The number of hydrogen-bond acceptors (Lipinski definition) is 2. The molecule has 0 fully saturated rings. The standard InChI is InChI=1S/C12H8N2O/c15-12-8-4-1-2-5-9(8)14-10-6-3-7-13-11(10)12/h1-7H,(H,14,15). The summed E-state index contributed by atoms with van der Waals surface area (Å²) in [6.45, 7) is 0. The first-order valence-corrected chi connectivity index (χ1v) is 4.72. The van der Waals surface area contributed by atoms with Gasteiger partial charge in [-0.2, -0.15) is 0 Å². The summed E-state index contributed by atoms with van der Waals surface area (Å²) >= 11 is 0. The zero-order valence-corrected chi connectivity index (χ0v) is 7.90. The van der Waals surface area contributed by atoms with Crippen molar-refractivity contribution in [2.45, 2.75) is 0 Å². The molecule has 1 N–H and O–H groups in total. The van der Waals surface area contributed by atoms with Crippen LogP contribution in [0.25, 0.3) is 21.9 Å². The van der Waals surface area contributed by atoms with Crippen molar-refractivity contribution in [3.05, 3.63) is 52.8 Å². The van der Waals surface area contributed by atoms with Crippen molar-refractivity contribution >= 4 is 21.9 Å². The first-order chi connectivity index (χ1) is 7.36. The Morgan fingerprint density at radius 1 is 1.00 bits per heavy atom. The maximum Gasteiger partial charge on any atom is 0.215 e. The molecule has 3 aromatic rings. The lowest BCUT2D eigenvalue weighted by atomic mass is 10.2. The van der Waals surface area contributed by atoms with Crippen LogP contribution < -0.4 is 5.43 Å². The van der Waals surface area contributed by atoms with Crippen LogP contribution >= 0.6 is 0 Å². The van der Waals surface area contributed by atoms with Crippen LogP contribution in [0.2, 0.25) is 0 Å². The molecule has 0 unspecified atom stereocenters. The lowest BCUT2D eigenvalue weighted by Crippen LogP contribution is -2.05. The molecular formula is C12H8N2O. The van der Waals surface area contributed by atoms with E-state index < -0.39 is 0 Å². The third kappa shape index (κ3) is 1.13. The highest BCUT2D eigenvalue weighted by Crippen LogP contribution is 2.11. The first kappa shape index (κ1) is 8.17. The predicted octanol–water partition coefficient (Wildman–Crippen LogP) is 2.08. The maximum absolute atomic E-state index is 12.0. The molecule has 0 aliphatic rings. The van der Waals surface area contributed by atoms with Crippen molar-refractivity contribution < 1.29 is 0 Å². The van der Waals surface area contributed by atoms with Crippen LogP contribution in [0.5, 0.6) is 0 Å². The third-order valence-corrected chi connectivity index (χ3v) is 2.46. The predicted molar refractivity (Wildman–Crippen MR) is 59.9 cm³/mol. The Bertz CT molecular complexity index is 643. The van der Waals surface area contributed by atoms with Gasteiger partial charge in [0.05, 0.1) is 5.52 Å². The van der Waals surface area contributed by atoms with E-state index in [4.69, 9.17) is 0 Å². The number of benzene rings is 1. The van der Waals surface area contributed by atoms with E-state index in [1.54, 1.807) is 6.20 Å². The van der Waals surface area contributed by atoms with Crippen LogP contribution in [0.3, 0.4) is 0 Å². The van der Waals surface area contributed by atoms with E-state index in [1.165, 1.54) is 0 Å². The minimum atomic E-state index is -0.0139. The number of pyridine rings is 2.